The SMILES string of the molecule is Cc1nc2ccccn2c1-c1nc(C(=O)N(C(C)C)C2CCNCC2)cs1. The van der Waals surface area contributed by atoms with Gasteiger partial charge in [-0.3, -0.25) is 9.20 Å². The number of hydrogen-bond acceptors (Lipinski definition) is 5. The van der Waals surface area contributed by atoms with Crippen LogP contribution in [0.4, 0.5) is 0 Å². The number of nitrogens with one attached hydrogen (secondary N) is 1. The first-order valence-electron chi connectivity index (χ1n) is 9.49. The molecule has 3 aromatic rings. The van der Waals surface area contributed by atoms with Crippen LogP contribution in [-0.4, -0.2) is 50.3 Å². The van der Waals surface area contributed by atoms with E-state index in [2.05, 4.69) is 24.1 Å². The average Bonchev–Trinajstić information content (AvgIpc) is 3.25. The number of thiazole rings is 1. The molecule has 142 valence electrons. The number of aromatic nitrogens is 3. The average molecular weight is 384 g/mol. The highest BCUT2D eigenvalue weighted by Crippen LogP contribution is 2.29. The molecule has 0 unspecified atom stereocenters. The van der Waals surface area contributed by atoms with E-state index in [-0.39, 0.29) is 18.0 Å². The Labute approximate surface area is 163 Å². The fraction of sp³-hybridized carbons (Fsp3) is 0.450. The van der Waals surface area contributed by atoms with Gasteiger partial charge < -0.3 is 10.2 Å². The van der Waals surface area contributed by atoms with Gasteiger partial charge in [-0.2, -0.15) is 0 Å². The number of aryl methyl sites for hydroxylation is 1. The van der Waals surface area contributed by atoms with Crippen LogP contribution in [0.1, 0.15) is 42.9 Å². The van der Waals surface area contributed by atoms with Gasteiger partial charge in [-0.1, -0.05) is 6.07 Å². The number of carbonyl (C=O) groups is 1. The minimum Gasteiger partial charge on any atom is -0.332 e. The van der Waals surface area contributed by atoms with Gasteiger partial charge in [0.1, 0.15) is 22.0 Å². The second kappa shape index (κ2) is 7.40. The van der Waals surface area contributed by atoms with Crippen LogP contribution in [0.5, 0.6) is 0 Å². The highest BCUT2D eigenvalue weighted by molar-refractivity contribution is 7.13. The highest BCUT2D eigenvalue weighted by Gasteiger charge is 2.30. The first-order chi connectivity index (χ1) is 13.1. The summed E-state index contributed by atoms with van der Waals surface area (Å²) in [5, 5.41) is 6.09. The molecule has 6 nitrogen and oxygen atoms in total. The second-order valence-electron chi connectivity index (χ2n) is 7.30. The molecule has 0 spiro atoms. The Bertz CT molecular complexity index is 954. The summed E-state index contributed by atoms with van der Waals surface area (Å²) in [4.78, 5) is 24.6. The fourth-order valence-electron chi connectivity index (χ4n) is 3.89. The van der Waals surface area contributed by atoms with Gasteiger partial charge in [-0.15, -0.1) is 11.3 Å². The summed E-state index contributed by atoms with van der Waals surface area (Å²) >= 11 is 1.51. The molecule has 0 aromatic carbocycles. The summed E-state index contributed by atoms with van der Waals surface area (Å²) in [6.45, 7) is 8.08. The van der Waals surface area contributed by atoms with Crippen LogP contribution in [0.2, 0.25) is 0 Å². The van der Waals surface area contributed by atoms with Crippen LogP contribution in [0.15, 0.2) is 29.8 Å². The van der Waals surface area contributed by atoms with Gasteiger partial charge in [0, 0.05) is 23.7 Å². The molecule has 3 aromatic heterocycles. The molecule has 1 N–H and O–H groups in total. The van der Waals surface area contributed by atoms with Gasteiger partial charge in [0.15, 0.2) is 0 Å². The topological polar surface area (TPSA) is 62.5 Å². The first kappa shape index (κ1) is 18.1. The highest BCUT2D eigenvalue weighted by atomic mass is 32.1. The van der Waals surface area contributed by atoms with Crippen molar-refractivity contribution in [3.63, 3.8) is 0 Å². The lowest BCUT2D eigenvalue weighted by atomic mass is 10.0. The smallest absolute Gasteiger partial charge is 0.273 e. The monoisotopic (exact) mass is 383 g/mol. The van der Waals surface area contributed by atoms with E-state index >= 15 is 0 Å². The number of pyridine rings is 1. The van der Waals surface area contributed by atoms with Crippen LogP contribution in [0.25, 0.3) is 16.3 Å². The molecule has 0 radical (unpaired) electrons. The van der Waals surface area contributed by atoms with Crippen LogP contribution >= 0.6 is 11.3 Å². The molecule has 1 saturated heterocycles. The molecule has 4 rings (SSSR count). The number of imidazole rings is 1. The van der Waals surface area contributed by atoms with E-state index in [4.69, 9.17) is 4.98 Å². The van der Waals surface area contributed by atoms with Crippen LogP contribution < -0.4 is 5.32 Å². The summed E-state index contributed by atoms with van der Waals surface area (Å²) in [5.41, 5.74) is 3.32. The number of nitrogens with zero attached hydrogens (tertiary/aromatic N) is 4. The third-order valence-electron chi connectivity index (χ3n) is 5.12. The van der Waals surface area contributed by atoms with E-state index in [1.54, 1.807) is 0 Å². The first-order valence-corrected chi connectivity index (χ1v) is 10.4. The molecule has 0 atom stereocenters. The maximum absolute atomic E-state index is 13.2. The lowest BCUT2D eigenvalue weighted by Crippen LogP contribution is -2.49. The lowest BCUT2D eigenvalue weighted by molar-refractivity contribution is 0.0560. The summed E-state index contributed by atoms with van der Waals surface area (Å²) < 4.78 is 2.04. The van der Waals surface area contributed by atoms with E-state index in [0.717, 1.165) is 48.0 Å². The van der Waals surface area contributed by atoms with Crippen molar-refractivity contribution < 1.29 is 4.79 Å². The molecule has 4 heterocycles. The Morgan fingerprint density at radius 3 is 2.81 bits per heavy atom. The summed E-state index contributed by atoms with van der Waals surface area (Å²) in [6, 6.07) is 6.37. The number of fused-ring (bicyclic) bond motifs is 1. The summed E-state index contributed by atoms with van der Waals surface area (Å²) in [5.74, 6) is 0.0332. The minimum atomic E-state index is 0.0332. The minimum absolute atomic E-state index is 0.0332. The Hall–Kier alpha value is -2.25. The van der Waals surface area contributed by atoms with Crippen molar-refractivity contribution in [3.8, 4) is 10.7 Å². The zero-order valence-corrected chi connectivity index (χ0v) is 16.8. The Morgan fingerprint density at radius 1 is 1.30 bits per heavy atom. The van der Waals surface area contributed by atoms with Crippen molar-refractivity contribution in [1.29, 1.82) is 0 Å². The Kier molecular flexibility index (Phi) is 4.97. The molecule has 0 aliphatic carbocycles. The van der Waals surface area contributed by atoms with E-state index in [1.807, 2.05) is 46.0 Å². The number of hydrogen-bond donors (Lipinski definition) is 1. The maximum Gasteiger partial charge on any atom is 0.273 e. The number of piperidine rings is 1. The second-order valence-corrected chi connectivity index (χ2v) is 8.16. The molecule has 27 heavy (non-hydrogen) atoms. The van der Waals surface area contributed by atoms with Gasteiger partial charge in [-0.25, -0.2) is 9.97 Å². The van der Waals surface area contributed by atoms with Crippen molar-refractivity contribution in [2.24, 2.45) is 0 Å². The van der Waals surface area contributed by atoms with Crippen molar-refractivity contribution in [3.05, 3.63) is 41.2 Å². The molecule has 1 amide bonds. The molecule has 1 fully saturated rings. The van der Waals surface area contributed by atoms with Crippen molar-refractivity contribution in [2.75, 3.05) is 13.1 Å². The third kappa shape index (κ3) is 3.37. The fourth-order valence-corrected chi connectivity index (χ4v) is 4.78. The van der Waals surface area contributed by atoms with E-state index in [1.165, 1.54) is 11.3 Å². The zero-order chi connectivity index (χ0) is 19.0. The van der Waals surface area contributed by atoms with Gasteiger partial charge in [-0.05, 0) is 58.8 Å². The molecular weight excluding hydrogens is 358 g/mol. The van der Waals surface area contributed by atoms with Crippen LogP contribution in [-0.2, 0) is 0 Å². The predicted molar refractivity (Wildman–Crippen MR) is 108 cm³/mol. The third-order valence-corrected chi connectivity index (χ3v) is 5.97. The number of carbonyl (C=O) groups excluding carboxylic acids is 1. The van der Waals surface area contributed by atoms with Gasteiger partial charge in [0.25, 0.3) is 5.91 Å². The molecule has 1 aliphatic rings. The maximum atomic E-state index is 13.2. The van der Waals surface area contributed by atoms with E-state index in [9.17, 15) is 4.79 Å². The van der Waals surface area contributed by atoms with Crippen molar-refractivity contribution in [2.45, 2.75) is 45.7 Å². The van der Waals surface area contributed by atoms with Crippen molar-refractivity contribution in [1.82, 2.24) is 24.6 Å². The standard InChI is InChI=1S/C20H25N5OS/c1-13(2)25(15-7-9-21-10-8-15)20(26)16-12-27-19(23-16)18-14(3)22-17-6-4-5-11-24(17)18/h4-6,11-13,15,21H,7-10H2,1-3H3. The van der Waals surface area contributed by atoms with E-state index in [0.29, 0.717) is 5.69 Å². The molecular formula is C20H25N5OS. The predicted octanol–water partition coefficient (Wildman–Crippen LogP) is 3.37. The normalized spacial score (nSPS) is 15.6. The van der Waals surface area contributed by atoms with Crippen molar-refractivity contribution >= 4 is 22.9 Å². The molecule has 0 bridgehead atoms. The Balaban J connectivity index is 1.66. The van der Waals surface area contributed by atoms with Crippen LogP contribution in [0.3, 0.4) is 0 Å². The molecule has 1 aliphatic heterocycles. The van der Waals surface area contributed by atoms with E-state index < -0.39 is 0 Å². The van der Waals surface area contributed by atoms with Gasteiger partial charge >= 0.3 is 0 Å². The molecule has 0 saturated carbocycles. The molecule has 7 heteroatoms. The Morgan fingerprint density at radius 2 is 2.07 bits per heavy atom. The van der Waals surface area contributed by atoms with Crippen LogP contribution in [0, 0.1) is 6.92 Å². The quantitative estimate of drug-likeness (QED) is 0.750. The van der Waals surface area contributed by atoms with Gasteiger partial charge in [0.05, 0.1) is 5.69 Å². The number of amides is 1. The largest absolute Gasteiger partial charge is 0.332 e. The van der Waals surface area contributed by atoms with Gasteiger partial charge in [0.2, 0.25) is 0 Å². The summed E-state index contributed by atoms with van der Waals surface area (Å²) in [6.07, 6.45) is 3.98. The lowest BCUT2D eigenvalue weighted by Gasteiger charge is -2.37. The summed E-state index contributed by atoms with van der Waals surface area (Å²) in [7, 11) is 0. The zero-order valence-electron chi connectivity index (χ0n) is 16.0. The number of rotatable bonds is 4.